The first kappa shape index (κ1) is 12.5. The number of para-hydroxylation sites is 1. The number of ether oxygens (including phenoxy) is 1. The molecular weight excluding hydrogens is 244 g/mol. The van der Waals surface area contributed by atoms with Crippen molar-refractivity contribution in [3.8, 4) is 0 Å². The molecule has 2 rings (SSSR count). The lowest BCUT2D eigenvalue weighted by Crippen LogP contribution is -2.28. The number of amides is 1. The second-order valence-corrected chi connectivity index (χ2v) is 4.00. The average molecular weight is 255 g/mol. The Bertz CT molecular complexity index is 484. The van der Waals surface area contributed by atoms with E-state index in [2.05, 4.69) is 4.74 Å². The van der Waals surface area contributed by atoms with Gasteiger partial charge in [-0.1, -0.05) is 6.07 Å². The molecule has 1 amide bonds. The molecule has 1 aromatic carbocycles. The highest BCUT2D eigenvalue weighted by atomic mass is 19.1. The van der Waals surface area contributed by atoms with Gasteiger partial charge in [0, 0.05) is 13.0 Å². The van der Waals surface area contributed by atoms with Crippen LogP contribution in [0, 0.1) is 17.6 Å². The maximum atomic E-state index is 13.5. The first-order valence-corrected chi connectivity index (χ1v) is 5.36. The minimum absolute atomic E-state index is 0.0661. The third-order valence-electron chi connectivity index (χ3n) is 2.87. The molecule has 1 unspecified atom stereocenters. The lowest BCUT2D eigenvalue weighted by atomic mass is 10.1. The molecule has 0 aromatic heterocycles. The van der Waals surface area contributed by atoms with Crippen LogP contribution < -0.4 is 4.90 Å². The summed E-state index contributed by atoms with van der Waals surface area (Å²) < 4.78 is 31.6. The van der Waals surface area contributed by atoms with Gasteiger partial charge in [0.15, 0.2) is 0 Å². The SMILES string of the molecule is COC(=O)C1CC(=O)N(c2c(F)cccc2F)C1. The highest BCUT2D eigenvalue weighted by Gasteiger charge is 2.37. The van der Waals surface area contributed by atoms with Crippen molar-refractivity contribution in [3.05, 3.63) is 29.8 Å². The summed E-state index contributed by atoms with van der Waals surface area (Å²) in [6.45, 7) is -0.0661. The van der Waals surface area contributed by atoms with Gasteiger partial charge in [-0.3, -0.25) is 9.59 Å². The molecule has 0 N–H and O–H groups in total. The molecule has 0 aliphatic carbocycles. The fourth-order valence-corrected chi connectivity index (χ4v) is 2.00. The molecule has 18 heavy (non-hydrogen) atoms. The highest BCUT2D eigenvalue weighted by molar-refractivity contribution is 5.99. The van der Waals surface area contributed by atoms with Crippen LogP contribution in [-0.4, -0.2) is 25.5 Å². The predicted octanol–water partition coefficient (Wildman–Crippen LogP) is 1.49. The van der Waals surface area contributed by atoms with Gasteiger partial charge in [0.25, 0.3) is 0 Å². The van der Waals surface area contributed by atoms with Crippen molar-refractivity contribution in [1.82, 2.24) is 0 Å². The Kier molecular flexibility index (Phi) is 3.27. The molecule has 1 aliphatic heterocycles. The monoisotopic (exact) mass is 255 g/mol. The van der Waals surface area contributed by atoms with Crippen LogP contribution in [0.4, 0.5) is 14.5 Å². The molecule has 1 aromatic rings. The number of halogens is 2. The Hall–Kier alpha value is -1.98. The van der Waals surface area contributed by atoms with Crippen LogP contribution in [0.3, 0.4) is 0 Å². The van der Waals surface area contributed by atoms with E-state index in [1.807, 2.05) is 0 Å². The summed E-state index contributed by atoms with van der Waals surface area (Å²) in [5.41, 5.74) is -0.408. The number of carbonyl (C=O) groups is 2. The summed E-state index contributed by atoms with van der Waals surface area (Å²) in [5.74, 6) is -3.37. The number of hydrogen-bond donors (Lipinski definition) is 0. The Balaban J connectivity index is 2.30. The molecule has 6 heteroatoms. The van der Waals surface area contributed by atoms with Gasteiger partial charge in [-0.15, -0.1) is 0 Å². The van der Waals surface area contributed by atoms with Gasteiger partial charge in [-0.2, -0.15) is 0 Å². The molecule has 1 atom stereocenters. The zero-order valence-electron chi connectivity index (χ0n) is 9.65. The number of esters is 1. The molecule has 1 saturated heterocycles. The number of benzene rings is 1. The van der Waals surface area contributed by atoms with Gasteiger partial charge in [-0.05, 0) is 12.1 Å². The van der Waals surface area contributed by atoms with E-state index in [0.717, 1.165) is 17.0 Å². The zero-order chi connectivity index (χ0) is 13.3. The van der Waals surface area contributed by atoms with Crippen molar-refractivity contribution in [3.63, 3.8) is 0 Å². The van der Waals surface area contributed by atoms with Crippen molar-refractivity contribution in [2.45, 2.75) is 6.42 Å². The molecule has 1 fully saturated rings. The third-order valence-corrected chi connectivity index (χ3v) is 2.87. The van der Waals surface area contributed by atoms with E-state index >= 15 is 0 Å². The van der Waals surface area contributed by atoms with Crippen LogP contribution in [0.15, 0.2) is 18.2 Å². The molecule has 4 nitrogen and oxygen atoms in total. The summed E-state index contributed by atoms with van der Waals surface area (Å²) in [5, 5.41) is 0. The number of hydrogen-bond acceptors (Lipinski definition) is 3. The summed E-state index contributed by atoms with van der Waals surface area (Å²) in [6.07, 6.45) is -0.0968. The maximum Gasteiger partial charge on any atom is 0.311 e. The lowest BCUT2D eigenvalue weighted by molar-refractivity contribution is -0.145. The van der Waals surface area contributed by atoms with Crippen molar-refractivity contribution in [2.24, 2.45) is 5.92 Å². The second-order valence-electron chi connectivity index (χ2n) is 4.00. The summed E-state index contributed by atoms with van der Waals surface area (Å²) in [4.78, 5) is 24.0. The smallest absolute Gasteiger partial charge is 0.311 e. The van der Waals surface area contributed by atoms with Gasteiger partial charge >= 0.3 is 5.97 Å². The standard InChI is InChI=1S/C12H11F2NO3/c1-18-12(17)7-5-10(16)15(6-7)11-8(13)3-2-4-9(11)14/h2-4,7H,5-6H2,1H3. The van der Waals surface area contributed by atoms with Gasteiger partial charge in [0.2, 0.25) is 5.91 Å². The molecule has 96 valence electrons. The first-order chi connectivity index (χ1) is 8.54. The molecular formula is C12H11F2NO3. The lowest BCUT2D eigenvalue weighted by Gasteiger charge is -2.17. The van der Waals surface area contributed by atoms with Gasteiger partial charge in [0.1, 0.15) is 17.3 Å². The van der Waals surface area contributed by atoms with Gasteiger partial charge in [0.05, 0.1) is 13.0 Å². The van der Waals surface area contributed by atoms with E-state index in [4.69, 9.17) is 0 Å². The molecule has 0 spiro atoms. The Morgan fingerprint density at radius 2 is 2.00 bits per heavy atom. The summed E-state index contributed by atoms with van der Waals surface area (Å²) in [6, 6.07) is 3.35. The largest absolute Gasteiger partial charge is 0.469 e. The highest BCUT2D eigenvalue weighted by Crippen LogP contribution is 2.30. The quantitative estimate of drug-likeness (QED) is 0.752. The van der Waals surface area contributed by atoms with Gasteiger partial charge < -0.3 is 9.64 Å². The zero-order valence-corrected chi connectivity index (χ0v) is 9.65. The van der Waals surface area contributed by atoms with Crippen LogP contribution in [0.5, 0.6) is 0 Å². The number of carbonyl (C=O) groups excluding carboxylic acids is 2. The predicted molar refractivity (Wildman–Crippen MR) is 58.8 cm³/mol. The van der Waals surface area contributed by atoms with E-state index < -0.39 is 35.1 Å². The van der Waals surface area contributed by atoms with E-state index in [-0.39, 0.29) is 13.0 Å². The number of methoxy groups -OCH3 is 1. The van der Waals surface area contributed by atoms with Crippen molar-refractivity contribution in [2.75, 3.05) is 18.6 Å². The van der Waals surface area contributed by atoms with E-state index in [1.165, 1.54) is 13.2 Å². The fraction of sp³-hybridized carbons (Fsp3) is 0.333. The maximum absolute atomic E-state index is 13.5. The molecule has 1 heterocycles. The van der Waals surface area contributed by atoms with Crippen LogP contribution in [0.1, 0.15) is 6.42 Å². The van der Waals surface area contributed by atoms with Crippen molar-refractivity contribution in [1.29, 1.82) is 0 Å². The first-order valence-electron chi connectivity index (χ1n) is 5.36. The van der Waals surface area contributed by atoms with Crippen molar-refractivity contribution >= 4 is 17.6 Å². The van der Waals surface area contributed by atoms with E-state index in [0.29, 0.717) is 0 Å². The average Bonchev–Trinajstić information content (AvgIpc) is 2.70. The van der Waals surface area contributed by atoms with Crippen LogP contribution >= 0.6 is 0 Å². The minimum Gasteiger partial charge on any atom is -0.469 e. The minimum atomic E-state index is -0.825. The van der Waals surface area contributed by atoms with Crippen LogP contribution in [0.25, 0.3) is 0 Å². The fourth-order valence-electron chi connectivity index (χ4n) is 2.00. The Morgan fingerprint density at radius 1 is 1.39 bits per heavy atom. The molecule has 0 saturated carbocycles. The third kappa shape index (κ3) is 2.05. The van der Waals surface area contributed by atoms with Crippen LogP contribution in [0.2, 0.25) is 0 Å². The topological polar surface area (TPSA) is 46.6 Å². The number of nitrogens with zero attached hydrogens (tertiary/aromatic N) is 1. The number of anilines is 1. The Morgan fingerprint density at radius 3 is 2.56 bits per heavy atom. The summed E-state index contributed by atoms with van der Waals surface area (Å²) >= 11 is 0. The van der Waals surface area contributed by atoms with E-state index in [9.17, 15) is 18.4 Å². The second kappa shape index (κ2) is 4.72. The van der Waals surface area contributed by atoms with E-state index in [1.54, 1.807) is 0 Å². The molecule has 0 radical (unpaired) electrons. The van der Waals surface area contributed by atoms with Crippen molar-refractivity contribution < 1.29 is 23.1 Å². The van der Waals surface area contributed by atoms with Crippen LogP contribution in [-0.2, 0) is 14.3 Å². The molecule has 0 bridgehead atoms. The summed E-state index contributed by atoms with van der Waals surface area (Å²) in [7, 11) is 1.21. The Labute approximate surface area is 102 Å². The molecule has 1 aliphatic rings. The normalized spacial score (nSPS) is 19.2. The van der Waals surface area contributed by atoms with Gasteiger partial charge in [-0.25, -0.2) is 8.78 Å². The number of rotatable bonds is 2.